The van der Waals surface area contributed by atoms with E-state index in [1.807, 2.05) is 0 Å². The highest BCUT2D eigenvalue weighted by molar-refractivity contribution is 8.01. The van der Waals surface area contributed by atoms with Crippen LogP contribution >= 0.6 is 11.8 Å². The number of nitrogens with one attached hydrogen (secondary N) is 1. The van der Waals surface area contributed by atoms with E-state index >= 15 is 0 Å². The van der Waals surface area contributed by atoms with Gasteiger partial charge in [0.1, 0.15) is 5.37 Å². The molecular weight excluding hydrogens is 268 g/mol. The van der Waals surface area contributed by atoms with Crippen molar-refractivity contribution in [2.45, 2.75) is 19.2 Å². The van der Waals surface area contributed by atoms with Crippen LogP contribution in [0.25, 0.3) is 0 Å². The summed E-state index contributed by atoms with van der Waals surface area (Å²) in [5, 5.41) is 2.89. The summed E-state index contributed by atoms with van der Waals surface area (Å²) >= 11 is 1.73. The Bertz CT molecular complexity index is 368. The van der Waals surface area contributed by atoms with E-state index in [0.29, 0.717) is 12.3 Å². The Morgan fingerprint density at radius 3 is 2.83 bits per heavy atom. The minimum absolute atomic E-state index is 0.217. The third-order valence-corrected chi connectivity index (χ3v) is 6.39. The molecule has 18 heavy (non-hydrogen) atoms. The van der Waals surface area contributed by atoms with Crippen molar-refractivity contribution in [1.82, 2.24) is 10.2 Å². The molecule has 0 aliphatic carbocycles. The molecular formula is C12H24N2O2S2. The molecule has 1 heterocycles. The lowest BCUT2D eigenvalue weighted by atomic mass is 10.2. The maximum Gasteiger partial charge on any atom is 0.166 e. The Hall–Kier alpha value is -0.0400. The smallest absolute Gasteiger partial charge is 0.166 e. The monoisotopic (exact) mass is 292 g/mol. The molecule has 0 radical (unpaired) electrons. The van der Waals surface area contributed by atoms with Crippen LogP contribution in [0.15, 0.2) is 12.2 Å². The largest absolute Gasteiger partial charge is 0.313 e. The first-order valence-corrected chi connectivity index (χ1v) is 9.29. The molecule has 1 rings (SSSR count). The van der Waals surface area contributed by atoms with Crippen molar-refractivity contribution in [2.75, 3.05) is 43.4 Å². The van der Waals surface area contributed by atoms with Crippen molar-refractivity contribution in [3.05, 3.63) is 12.2 Å². The number of rotatable bonds is 7. The maximum atomic E-state index is 12.1. The molecule has 1 unspecified atom stereocenters. The van der Waals surface area contributed by atoms with Gasteiger partial charge in [0.15, 0.2) is 9.84 Å². The summed E-state index contributed by atoms with van der Waals surface area (Å²) in [6.07, 6.45) is 0. The van der Waals surface area contributed by atoms with Gasteiger partial charge >= 0.3 is 0 Å². The highest BCUT2D eigenvalue weighted by Crippen LogP contribution is 2.21. The lowest BCUT2D eigenvalue weighted by molar-refractivity contribution is 0.290. The zero-order valence-electron chi connectivity index (χ0n) is 11.3. The van der Waals surface area contributed by atoms with Gasteiger partial charge in [-0.25, -0.2) is 8.42 Å². The summed E-state index contributed by atoms with van der Waals surface area (Å²) in [6.45, 7) is 11.0. The van der Waals surface area contributed by atoms with E-state index in [9.17, 15) is 8.42 Å². The van der Waals surface area contributed by atoms with Crippen LogP contribution in [-0.4, -0.2) is 62.1 Å². The average Bonchev–Trinajstić information content (AvgIpc) is 2.37. The Balaban J connectivity index is 2.63. The van der Waals surface area contributed by atoms with Gasteiger partial charge in [-0.3, -0.25) is 4.90 Å². The number of hydrogen-bond acceptors (Lipinski definition) is 5. The van der Waals surface area contributed by atoms with Crippen LogP contribution in [0, 0.1) is 0 Å². The van der Waals surface area contributed by atoms with Crippen molar-refractivity contribution in [3.63, 3.8) is 0 Å². The summed E-state index contributed by atoms with van der Waals surface area (Å²) in [5.41, 5.74) is 1.06. The molecule has 0 amide bonds. The van der Waals surface area contributed by atoms with Gasteiger partial charge in [0.25, 0.3) is 0 Å². The van der Waals surface area contributed by atoms with Gasteiger partial charge < -0.3 is 5.32 Å². The average molecular weight is 292 g/mol. The minimum Gasteiger partial charge on any atom is -0.313 e. The summed E-state index contributed by atoms with van der Waals surface area (Å²) < 4.78 is 24.1. The van der Waals surface area contributed by atoms with Gasteiger partial charge in [0.05, 0.1) is 0 Å². The van der Waals surface area contributed by atoms with E-state index < -0.39 is 9.84 Å². The van der Waals surface area contributed by atoms with Crippen molar-refractivity contribution in [1.29, 1.82) is 0 Å². The maximum absolute atomic E-state index is 12.1. The van der Waals surface area contributed by atoms with Crippen molar-refractivity contribution in [2.24, 2.45) is 0 Å². The van der Waals surface area contributed by atoms with Crippen LogP contribution in [0.1, 0.15) is 13.8 Å². The van der Waals surface area contributed by atoms with Crippen LogP contribution in [0.5, 0.6) is 0 Å². The molecule has 1 atom stereocenters. The Morgan fingerprint density at radius 1 is 1.50 bits per heavy atom. The van der Waals surface area contributed by atoms with Gasteiger partial charge in [-0.2, -0.15) is 11.8 Å². The Labute approximate surface area is 115 Å². The fraction of sp³-hybridized carbons (Fsp3) is 0.833. The standard InChI is InChI=1S/C12H24N2O2S2/c1-4-13-8-11(3)9-14-6-7-17-10-12(14)18(15,16)5-2/h12-13H,3-10H2,1-2H3. The second-order valence-electron chi connectivity index (χ2n) is 4.48. The molecule has 0 aromatic carbocycles. The third kappa shape index (κ3) is 4.57. The molecule has 1 N–H and O–H groups in total. The molecule has 0 aromatic heterocycles. The van der Waals surface area contributed by atoms with Crippen molar-refractivity contribution >= 4 is 21.6 Å². The van der Waals surface area contributed by atoms with Crippen LogP contribution in [0.2, 0.25) is 0 Å². The molecule has 0 saturated carbocycles. The molecule has 1 saturated heterocycles. The van der Waals surface area contributed by atoms with Crippen LogP contribution in [-0.2, 0) is 9.84 Å². The fourth-order valence-electron chi connectivity index (χ4n) is 1.96. The molecule has 1 aliphatic heterocycles. The molecule has 4 nitrogen and oxygen atoms in total. The Kier molecular flexibility index (Phi) is 6.70. The van der Waals surface area contributed by atoms with Gasteiger partial charge in [0.2, 0.25) is 0 Å². The van der Waals surface area contributed by atoms with E-state index in [4.69, 9.17) is 0 Å². The quantitative estimate of drug-likeness (QED) is 0.708. The van der Waals surface area contributed by atoms with E-state index in [0.717, 1.165) is 31.0 Å². The topological polar surface area (TPSA) is 49.4 Å². The first-order chi connectivity index (χ1) is 8.51. The molecule has 0 bridgehead atoms. The second kappa shape index (κ2) is 7.53. The molecule has 106 valence electrons. The van der Waals surface area contributed by atoms with E-state index in [2.05, 4.69) is 23.7 Å². The summed E-state index contributed by atoms with van der Waals surface area (Å²) in [6, 6.07) is 0. The first-order valence-electron chi connectivity index (χ1n) is 6.42. The zero-order valence-corrected chi connectivity index (χ0v) is 12.9. The number of thioether (sulfide) groups is 1. The van der Waals surface area contributed by atoms with Crippen LogP contribution in [0.3, 0.4) is 0 Å². The molecule has 0 aromatic rings. The molecule has 1 aliphatic rings. The van der Waals surface area contributed by atoms with E-state index in [1.165, 1.54) is 0 Å². The number of nitrogens with zero attached hydrogens (tertiary/aromatic N) is 1. The van der Waals surface area contributed by atoms with Crippen molar-refractivity contribution in [3.8, 4) is 0 Å². The van der Waals surface area contributed by atoms with Gasteiger partial charge in [0, 0.05) is 36.9 Å². The highest BCUT2D eigenvalue weighted by Gasteiger charge is 2.32. The highest BCUT2D eigenvalue weighted by atomic mass is 32.2. The summed E-state index contributed by atoms with van der Waals surface area (Å²) in [4.78, 5) is 2.06. The molecule has 1 fully saturated rings. The lowest BCUT2D eigenvalue weighted by Gasteiger charge is -2.35. The fourth-order valence-corrected chi connectivity index (χ4v) is 5.04. The predicted molar refractivity (Wildman–Crippen MR) is 79.8 cm³/mol. The van der Waals surface area contributed by atoms with Crippen LogP contribution < -0.4 is 5.32 Å². The minimum atomic E-state index is -2.99. The van der Waals surface area contributed by atoms with Gasteiger partial charge in [-0.05, 0) is 12.1 Å². The van der Waals surface area contributed by atoms with Gasteiger partial charge in [-0.15, -0.1) is 0 Å². The Morgan fingerprint density at radius 2 is 2.22 bits per heavy atom. The van der Waals surface area contributed by atoms with Crippen LogP contribution in [0.4, 0.5) is 0 Å². The first kappa shape index (κ1) is 16.0. The third-order valence-electron chi connectivity index (χ3n) is 3.06. The normalized spacial score (nSPS) is 22.0. The second-order valence-corrected chi connectivity index (χ2v) is 8.08. The number of sulfone groups is 1. The van der Waals surface area contributed by atoms with Crippen molar-refractivity contribution < 1.29 is 8.42 Å². The summed E-state index contributed by atoms with van der Waals surface area (Å²) in [5.74, 6) is 1.91. The summed E-state index contributed by atoms with van der Waals surface area (Å²) in [7, 11) is -2.99. The number of likely N-dealkylation sites (N-methyl/N-ethyl adjacent to an activating group) is 1. The zero-order chi connectivity index (χ0) is 13.6. The van der Waals surface area contributed by atoms with Gasteiger partial charge in [-0.1, -0.05) is 20.4 Å². The van der Waals surface area contributed by atoms with E-state index in [-0.39, 0.29) is 11.1 Å². The SMILES string of the molecule is C=C(CNCC)CN1CCSCC1S(=O)(=O)CC. The van der Waals surface area contributed by atoms with E-state index in [1.54, 1.807) is 18.7 Å². The molecule has 6 heteroatoms. The predicted octanol–water partition coefficient (Wildman–Crippen LogP) is 0.962. The number of hydrogen-bond donors (Lipinski definition) is 1. The molecule has 0 spiro atoms. The lowest BCUT2D eigenvalue weighted by Crippen LogP contribution is -2.48.